The summed E-state index contributed by atoms with van der Waals surface area (Å²) >= 11 is 6.50. The van der Waals surface area contributed by atoms with Crippen LogP contribution in [0.4, 0.5) is 4.39 Å². The highest BCUT2D eigenvalue weighted by molar-refractivity contribution is 8.01. The Labute approximate surface area is 133 Å². The molecule has 1 aromatic carbocycles. The molecule has 1 fully saturated rings. The number of nitrogens with two attached hydrogens (primary N) is 1. The zero-order valence-electron chi connectivity index (χ0n) is 11.6. The molecule has 1 atom stereocenters. The average molecular weight is 348 g/mol. The Hall–Kier alpha value is -0.700. The molecule has 2 rings (SSSR count). The number of rotatable bonds is 5. The van der Waals surface area contributed by atoms with Crippen LogP contribution in [0.15, 0.2) is 23.1 Å². The van der Waals surface area contributed by atoms with Crippen LogP contribution in [-0.4, -0.2) is 30.5 Å². The molecule has 1 saturated heterocycles. The van der Waals surface area contributed by atoms with Crippen LogP contribution in [0.2, 0.25) is 0 Å². The molecular weight excluding hydrogens is 331 g/mol. The van der Waals surface area contributed by atoms with Crippen molar-refractivity contribution in [2.24, 2.45) is 5.73 Å². The minimum absolute atomic E-state index is 0.121. The first-order chi connectivity index (χ1) is 9.75. The molecule has 0 aromatic heterocycles. The smallest absolute Gasteiger partial charge is 0.241 e. The zero-order chi connectivity index (χ0) is 15.7. The van der Waals surface area contributed by atoms with Gasteiger partial charge < -0.3 is 5.73 Å². The second kappa shape index (κ2) is 6.20. The van der Waals surface area contributed by atoms with E-state index in [1.807, 2.05) is 6.92 Å². The van der Waals surface area contributed by atoms with Gasteiger partial charge in [0.2, 0.25) is 10.0 Å². The molecule has 0 radical (unpaired) electrons. The van der Waals surface area contributed by atoms with Crippen LogP contribution in [0.5, 0.6) is 0 Å². The maximum Gasteiger partial charge on any atom is 0.241 e. The minimum Gasteiger partial charge on any atom is -0.389 e. The number of thioether (sulfide) groups is 1. The third-order valence-corrected chi connectivity index (χ3v) is 6.63. The Kier molecular flexibility index (Phi) is 4.92. The van der Waals surface area contributed by atoms with Crippen molar-refractivity contribution in [1.82, 2.24) is 4.72 Å². The summed E-state index contributed by atoms with van der Waals surface area (Å²) in [5.74, 6) is 0.294. The number of nitrogens with one attached hydrogen (secondary N) is 1. The normalized spacial score (nSPS) is 22.4. The number of thiocarbonyl (C=S) groups is 1. The van der Waals surface area contributed by atoms with Gasteiger partial charge in [-0.3, -0.25) is 0 Å². The van der Waals surface area contributed by atoms with Crippen molar-refractivity contribution in [2.45, 2.75) is 29.4 Å². The molecule has 0 spiro atoms. The highest BCUT2D eigenvalue weighted by atomic mass is 32.2. The van der Waals surface area contributed by atoms with Gasteiger partial charge in [-0.15, -0.1) is 0 Å². The lowest BCUT2D eigenvalue weighted by molar-refractivity contribution is 0.550. The molecule has 8 heteroatoms. The van der Waals surface area contributed by atoms with Gasteiger partial charge in [-0.05, 0) is 37.7 Å². The van der Waals surface area contributed by atoms with Gasteiger partial charge in [0.15, 0.2) is 0 Å². The van der Waals surface area contributed by atoms with E-state index in [0.29, 0.717) is 6.54 Å². The highest BCUT2D eigenvalue weighted by Crippen LogP contribution is 2.37. The highest BCUT2D eigenvalue weighted by Gasteiger charge is 2.32. The van der Waals surface area contributed by atoms with Crippen molar-refractivity contribution in [2.75, 3.05) is 12.3 Å². The second-order valence-corrected chi connectivity index (χ2v) is 9.06. The van der Waals surface area contributed by atoms with E-state index in [0.717, 1.165) is 24.7 Å². The summed E-state index contributed by atoms with van der Waals surface area (Å²) in [5, 5.41) is 0. The molecule has 0 bridgehead atoms. The van der Waals surface area contributed by atoms with Gasteiger partial charge in [0.05, 0.1) is 10.5 Å². The first-order valence-corrected chi connectivity index (χ1v) is 9.35. The summed E-state index contributed by atoms with van der Waals surface area (Å²) in [4.78, 5) is -0.475. The molecule has 4 nitrogen and oxygen atoms in total. The zero-order valence-corrected chi connectivity index (χ0v) is 14.0. The lowest BCUT2D eigenvalue weighted by Gasteiger charge is -2.23. The molecule has 0 aliphatic carbocycles. The monoisotopic (exact) mass is 348 g/mol. The van der Waals surface area contributed by atoms with Gasteiger partial charge in [-0.1, -0.05) is 18.3 Å². The molecular formula is C13H17FN2O2S3. The standard InChI is InChI=1S/C13H17FN2O2S3/c1-13(6-3-7-20-13)8-16-21(17,18)10-5-2-4-9(14)11(10)12(15)19/h2,4-5,16H,3,6-8H2,1H3,(H2,15,19). The number of sulfonamides is 1. The van der Waals surface area contributed by atoms with E-state index < -0.39 is 15.8 Å². The molecule has 21 heavy (non-hydrogen) atoms. The van der Waals surface area contributed by atoms with Crippen LogP contribution in [0.3, 0.4) is 0 Å². The largest absolute Gasteiger partial charge is 0.389 e. The average Bonchev–Trinajstić information content (AvgIpc) is 2.83. The molecule has 1 aliphatic rings. The summed E-state index contributed by atoms with van der Waals surface area (Å²) < 4.78 is 41.0. The number of hydrogen-bond acceptors (Lipinski definition) is 4. The molecule has 0 saturated carbocycles. The van der Waals surface area contributed by atoms with Gasteiger partial charge in [-0.2, -0.15) is 11.8 Å². The maximum absolute atomic E-state index is 13.8. The summed E-state index contributed by atoms with van der Waals surface area (Å²) in [5.41, 5.74) is 5.22. The van der Waals surface area contributed by atoms with Crippen molar-refractivity contribution in [3.05, 3.63) is 29.6 Å². The number of hydrogen-bond donors (Lipinski definition) is 2. The molecule has 1 heterocycles. The topological polar surface area (TPSA) is 72.2 Å². The van der Waals surface area contributed by atoms with Crippen LogP contribution in [0, 0.1) is 5.82 Å². The minimum atomic E-state index is -3.85. The van der Waals surface area contributed by atoms with Gasteiger partial charge >= 0.3 is 0 Å². The van der Waals surface area contributed by atoms with Crippen molar-refractivity contribution in [3.8, 4) is 0 Å². The molecule has 1 aromatic rings. The third kappa shape index (κ3) is 3.74. The Bertz CT molecular complexity index is 655. The van der Waals surface area contributed by atoms with E-state index in [2.05, 4.69) is 4.72 Å². The van der Waals surface area contributed by atoms with Crippen LogP contribution >= 0.6 is 24.0 Å². The van der Waals surface area contributed by atoms with E-state index in [-0.39, 0.29) is 20.2 Å². The van der Waals surface area contributed by atoms with Crippen LogP contribution in [0.25, 0.3) is 0 Å². The maximum atomic E-state index is 13.8. The first-order valence-electron chi connectivity index (χ1n) is 6.47. The summed E-state index contributed by atoms with van der Waals surface area (Å²) in [6, 6.07) is 3.78. The molecule has 1 aliphatic heterocycles. The van der Waals surface area contributed by atoms with E-state index in [9.17, 15) is 12.8 Å². The second-order valence-electron chi connectivity index (χ2n) is 5.20. The Morgan fingerprint density at radius 1 is 1.57 bits per heavy atom. The lowest BCUT2D eigenvalue weighted by atomic mass is 10.1. The van der Waals surface area contributed by atoms with E-state index >= 15 is 0 Å². The van der Waals surface area contributed by atoms with Gasteiger partial charge in [0.1, 0.15) is 10.8 Å². The Balaban J connectivity index is 2.28. The molecule has 0 amide bonds. The SMILES string of the molecule is CC1(CNS(=O)(=O)c2cccc(F)c2C(N)=S)CCCS1. The predicted octanol–water partition coefficient (Wildman–Crippen LogP) is 2.02. The molecule has 1 unspecified atom stereocenters. The van der Waals surface area contributed by atoms with E-state index in [1.165, 1.54) is 12.1 Å². The first kappa shape index (κ1) is 16.7. The quantitative estimate of drug-likeness (QED) is 0.797. The summed E-state index contributed by atoms with van der Waals surface area (Å²) in [7, 11) is -3.85. The lowest BCUT2D eigenvalue weighted by Crippen LogP contribution is -2.37. The van der Waals surface area contributed by atoms with Crippen molar-refractivity contribution in [3.63, 3.8) is 0 Å². The van der Waals surface area contributed by atoms with Gasteiger partial charge in [0, 0.05) is 11.3 Å². The summed E-state index contributed by atoms with van der Waals surface area (Å²) in [6.45, 7) is 2.32. The van der Waals surface area contributed by atoms with E-state index in [4.69, 9.17) is 18.0 Å². The van der Waals surface area contributed by atoms with Crippen molar-refractivity contribution in [1.29, 1.82) is 0 Å². The molecule has 116 valence electrons. The third-order valence-electron chi connectivity index (χ3n) is 3.45. The fourth-order valence-electron chi connectivity index (χ4n) is 2.27. The van der Waals surface area contributed by atoms with Gasteiger partial charge in [-0.25, -0.2) is 17.5 Å². The van der Waals surface area contributed by atoms with Gasteiger partial charge in [0.25, 0.3) is 0 Å². The fourth-order valence-corrected chi connectivity index (χ4v) is 5.27. The summed E-state index contributed by atoms with van der Waals surface area (Å²) in [6.07, 6.45) is 2.02. The number of halogens is 1. The predicted molar refractivity (Wildman–Crippen MR) is 87.6 cm³/mol. The van der Waals surface area contributed by atoms with Crippen molar-refractivity contribution < 1.29 is 12.8 Å². The van der Waals surface area contributed by atoms with Crippen LogP contribution in [0.1, 0.15) is 25.3 Å². The van der Waals surface area contributed by atoms with Crippen LogP contribution in [-0.2, 0) is 10.0 Å². The van der Waals surface area contributed by atoms with Crippen molar-refractivity contribution >= 4 is 39.0 Å². The number of benzene rings is 1. The Morgan fingerprint density at radius 3 is 2.86 bits per heavy atom. The molecule has 3 N–H and O–H groups in total. The van der Waals surface area contributed by atoms with Crippen LogP contribution < -0.4 is 10.5 Å². The Morgan fingerprint density at radius 2 is 2.29 bits per heavy atom. The fraction of sp³-hybridized carbons (Fsp3) is 0.462. The van der Waals surface area contributed by atoms with E-state index in [1.54, 1.807) is 11.8 Å².